The van der Waals surface area contributed by atoms with Crippen molar-refractivity contribution in [1.82, 2.24) is 15.5 Å². The standard InChI is InChI=1S/C16H14ClN3O2/c1-10-6-7-15(22-10)13-8-14(20-19-13)16(21)18-9-11-4-2-3-5-12(11)17/h2-8H,9H2,1H3,(H,18,21)(H,19,20). The Bertz CT molecular complexity index is 807. The lowest BCUT2D eigenvalue weighted by Gasteiger charge is -2.04. The summed E-state index contributed by atoms with van der Waals surface area (Å²) in [5.41, 5.74) is 1.82. The summed E-state index contributed by atoms with van der Waals surface area (Å²) in [6.45, 7) is 2.21. The van der Waals surface area contributed by atoms with Crippen molar-refractivity contribution < 1.29 is 9.21 Å². The predicted octanol–water partition coefficient (Wildman–Crippen LogP) is 3.56. The third-order valence-corrected chi connectivity index (χ3v) is 3.58. The van der Waals surface area contributed by atoms with Gasteiger partial charge in [0, 0.05) is 17.6 Å². The van der Waals surface area contributed by atoms with Gasteiger partial charge in [-0.3, -0.25) is 9.89 Å². The number of furan rings is 1. The molecule has 0 aliphatic rings. The SMILES string of the molecule is Cc1ccc(-c2cc(C(=O)NCc3ccccc3Cl)n[nH]2)o1. The number of benzene rings is 1. The van der Waals surface area contributed by atoms with Crippen molar-refractivity contribution in [2.75, 3.05) is 0 Å². The summed E-state index contributed by atoms with van der Waals surface area (Å²) in [5.74, 6) is 1.18. The highest BCUT2D eigenvalue weighted by molar-refractivity contribution is 6.31. The highest BCUT2D eigenvalue weighted by atomic mass is 35.5. The van der Waals surface area contributed by atoms with Gasteiger partial charge in [-0.1, -0.05) is 29.8 Å². The van der Waals surface area contributed by atoms with Gasteiger partial charge in [0.2, 0.25) is 0 Å². The summed E-state index contributed by atoms with van der Waals surface area (Å²) in [6.07, 6.45) is 0. The Balaban J connectivity index is 1.68. The monoisotopic (exact) mass is 315 g/mol. The zero-order valence-electron chi connectivity index (χ0n) is 11.9. The molecule has 2 aromatic heterocycles. The first kappa shape index (κ1) is 14.4. The smallest absolute Gasteiger partial charge is 0.272 e. The van der Waals surface area contributed by atoms with Crippen molar-refractivity contribution in [3.8, 4) is 11.5 Å². The summed E-state index contributed by atoms with van der Waals surface area (Å²) >= 11 is 6.05. The fraction of sp³-hybridized carbons (Fsp3) is 0.125. The van der Waals surface area contributed by atoms with Crippen LogP contribution in [0.25, 0.3) is 11.5 Å². The number of aryl methyl sites for hydroxylation is 1. The van der Waals surface area contributed by atoms with E-state index in [2.05, 4.69) is 15.5 Å². The van der Waals surface area contributed by atoms with Crippen molar-refractivity contribution in [2.24, 2.45) is 0 Å². The minimum Gasteiger partial charge on any atom is -0.460 e. The number of carbonyl (C=O) groups excluding carboxylic acids is 1. The average Bonchev–Trinajstić information content (AvgIpc) is 3.15. The fourth-order valence-corrected chi connectivity index (χ4v) is 2.25. The lowest BCUT2D eigenvalue weighted by atomic mass is 10.2. The fourth-order valence-electron chi connectivity index (χ4n) is 2.05. The normalized spacial score (nSPS) is 10.6. The van der Waals surface area contributed by atoms with Crippen LogP contribution in [0.3, 0.4) is 0 Å². The maximum absolute atomic E-state index is 12.1. The molecule has 0 aliphatic heterocycles. The van der Waals surface area contributed by atoms with E-state index in [0.717, 1.165) is 11.3 Å². The van der Waals surface area contributed by atoms with E-state index < -0.39 is 0 Å². The number of hydrogen-bond acceptors (Lipinski definition) is 3. The molecule has 1 aromatic carbocycles. The van der Waals surface area contributed by atoms with Crippen LogP contribution in [0.1, 0.15) is 21.8 Å². The average molecular weight is 316 g/mol. The number of rotatable bonds is 4. The maximum Gasteiger partial charge on any atom is 0.272 e. The molecule has 0 spiro atoms. The molecule has 0 fully saturated rings. The Labute approximate surface area is 132 Å². The van der Waals surface area contributed by atoms with Gasteiger partial charge >= 0.3 is 0 Å². The Morgan fingerprint density at radius 3 is 2.86 bits per heavy atom. The third kappa shape index (κ3) is 3.04. The van der Waals surface area contributed by atoms with Gasteiger partial charge in [-0.05, 0) is 30.7 Å². The molecule has 2 N–H and O–H groups in total. The Morgan fingerprint density at radius 2 is 2.14 bits per heavy atom. The molecule has 5 nitrogen and oxygen atoms in total. The van der Waals surface area contributed by atoms with Gasteiger partial charge in [0.25, 0.3) is 5.91 Å². The molecule has 22 heavy (non-hydrogen) atoms. The van der Waals surface area contributed by atoms with Crippen LogP contribution in [0, 0.1) is 6.92 Å². The minimum absolute atomic E-state index is 0.273. The summed E-state index contributed by atoms with van der Waals surface area (Å²) in [4.78, 5) is 12.1. The van der Waals surface area contributed by atoms with Crippen LogP contribution < -0.4 is 5.32 Å². The van der Waals surface area contributed by atoms with Gasteiger partial charge < -0.3 is 9.73 Å². The van der Waals surface area contributed by atoms with Crippen molar-refractivity contribution in [1.29, 1.82) is 0 Å². The molecule has 6 heteroatoms. The third-order valence-electron chi connectivity index (χ3n) is 3.21. The number of halogens is 1. The highest BCUT2D eigenvalue weighted by Gasteiger charge is 2.13. The van der Waals surface area contributed by atoms with E-state index in [0.29, 0.717) is 28.7 Å². The molecule has 0 radical (unpaired) electrons. The van der Waals surface area contributed by atoms with Gasteiger partial charge in [-0.2, -0.15) is 5.10 Å². The number of aromatic nitrogens is 2. The molecule has 0 saturated carbocycles. The number of hydrogen-bond donors (Lipinski definition) is 2. The molecule has 0 saturated heterocycles. The van der Waals surface area contributed by atoms with Gasteiger partial charge in [0.1, 0.15) is 11.5 Å². The van der Waals surface area contributed by atoms with Gasteiger partial charge in [-0.25, -0.2) is 0 Å². The Kier molecular flexibility index (Phi) is 3.98. The van der Waals surface area contributed by atoms with Crippen LogP contribution in [-0.4, -0.2) is 16.1 Å². The van der Waals surface area contributed by atoms with E-state index in [1.54, 1.807) is 12.1 Å². The summed E-state index contributed by atoms with van der Waals surface area (Å²) < 4.78 is 5.49. The van der Waals surface area contributed by atoms with Gasteiger partial charge in [-0.15, -0.1) is 0 Å². The lowest BCUT2D eigenvalue weighted by molar-refractivity contribution is 0.0946. The molecule has 0 unspecified atom stereocenters. The highest BCUT2D eigenvalue weighted by Crippen LogP contribution is 2.20. The van der Waals surface area contributed by atoms with E-state index in [1.165, 1.54) is 0 Å². The van der Waals surface area contributed by atoms with Crippen molar-refractivity contribution in [2.45, 2.75) is 13.5 Å². The summed E-state index contributed by atoms with van der Waals surface area (Å²) in [6, 6.07) is 12.7. The topological polar surface area (TPSA) is 70.9 Å². The molecular formula is C16H14ClN3O2. The van der Waals surface area contributed by atoms with Gasteiger partial charge in [0.15, 0.2) is 11.5 Å². The summed E-state index contributed by atoms with van der Waals surface area (Å²) in [7, 11) is 0. The molecule has 3 aromatic rings. The first-order chi connectivity index (χ1) is 10.6. The van der Waals surface area contributed by atoms with Gasteiger partial charge in [0.05, 0.1) is 0 Å². The first-order valence-electron chi connectivity index (χ1n) is 6.77. The van der Waals surface area contributed by atoms with E-state index in [1.807, 2.05) is 37.3 Å². The van der Waals surface area contributed by atoms with Crippen molar-refractivity contribution >= 4 is 17.5 Å². The number of amides is 1. The van der Waals surface area contributed by atoms with E-state index in [-0.39, 0.29) is 5.91 Å². The molecule has 1 amide bonds. The van der Waals surface area contributed by atoms with Crippen molar-refractivity contribution in [3.63, 3.8) is 0 Å². The molecule has 2 heterocycles. The van der Waals surface area contributed by atoms with Crippen LogP contribution in [0.4, 0.5) is 0 Å². The lowest BCUT2D eigenvalue weighted by Crippen LogP contribution is -2.23. The number of nitrogens with zero attached hydrogens (tertiary/aromatic N) is 1. The second-order valence-electron chi connectivity index (χ2n) is 4.85. The Hall–Kier alpha value is -2.53. The predicted molar refractivity (Wildman–Crippen MR) is 83.6 cm³/mol. The summed E-state index contributed by atoms with van der Waals surface area (Å²) in [5, 5.41) is 10.2. The van der Waals surface area contributed by atoms with Crippen LogP contribution in [-0.2, 0) is 6.54 Å². The number of H-pyrrole nitrogens is 1. The van der Waals surface area contributed by atoms with E-state index in [4.69, 9.17) is 16.0 Å². The van der Waals surface area contributed by atoms with Crippen LogP contribution in [0.15, 0.2) is 46.9 Å². The van der Waals surface area contributed by atoms with Crippen molar-refractivity contribution in [3.05, 3.63) is 64.5 Å². The molecule has 112 valence electrons. The van der Waals surface area contributed by atoms with E-state index in [9.17, 15) is 4.79 Å². The van der Waals surface area contributed by atoms with Crippen LogP contribution in [0.2, 0.25) is 5.02 Å². The number of aromatic amines is 1. The molecule has 0 atom stereocenters. The largest absolute Gasteiger partial charge is 0.460 e. The van der Waals surface area contributed by atoms with Crippen LogP contribution in [0.5, 0.6) is 0 Å². The quantitative estimate of drug-likeness (QED) is 0.773. The number of nitrogens with one attached hydrogen (secondary N) is 2. The zero-order chi connectivity index (χ0) is 15.5. The maximum atomic E-state index is 12.1. The first-order valence-corrected chi connectivity index (χ1v) is 7.15. The number of carbonyl (C=O) groups is 1. The second-order valence-corrected chi connectivity index (χ2v) is 5.26. The minimum atomic E-state index is -0.273. The Morgan fingerprint density at radius 1 is 1.32 bits per heavy atom. The van der Waals surface area contributed by atoms with E-state index >= 15 is 0 Å². The molecular weight excluding hydrogens is 302 g/mol. The molecule has 0 bridgehead atoms. The van der Waals surface area contributed by atoms with Crippen LogP contribution >= 0.6 is 11.6 Å². The second kappa shape index (κ2) is 6.07. The molecule has 0 aliphatic carbocycles. The zero-order valence-corrected chi connectivity index (χ0v) is 12.6. The molecule has 3 rings (SSSR count).